The molecule has 0 saturated heterocycles. The molecule has 1 atom stereocenters. The van der Waals surface area contributed by atoms with Crippen LogP contribution in [0.1, 0.15) is 31.4 Å². The van der Waals surface area contributed by atoms with Crippen LogP contribution >= 0.6 is 0 Å². The van der Waals surface area contributed by atoms with E-state index in [0.717, 1.165) is 40.4 Å². The molecule has 3 aromatic rings. The summed E-state index contributed by atoms with van der Waals surface area (Å²) in [6.07, 6.45) is 2.03. The zero-order chi connectivity index (χ0) is 24.1. The Morgan fingerprint density at radius 2 is 1.68 bits per heavy atom. The van der Waals surface area contributed by atoms with Crippen LogP contribution < -0.4 is 15.5 Å². The van der Waals surface area contributed by atoms with Crippen molar-refractivity contribution in [1.82, 2.24) is 10.6 Å². The van der Waals surface area contributed by atoms with Crippen LogP contribution in [0.3, 0.4) is 0 Å². The van der Waals surface area contributed by atoms with Crippen molar-refractivity contribution in [2.45, 2.75) is 39.2 Å². The molecular formula is C28H31N3O3. The van der Waals surface area contributed by atoms with Gasteiger partial charge in [0.1, 0.15) is 6.04 Å². The van der Waals surface area contributed by atoms with Crippen LogP contribution in [0.25, 0.3) is 10.8 Å². The Labute approximate surface area is 200 Å². The molecule has 2 N–H and O–H groups in total. The highest BCUT2D eigenvalue weighted by atomic mass is 16.2. The monoisotopic (exact) mass is 457 g/mol. The Morgan fingerprint density at radius 3 is 2.47 bits per heavy atom. The molecule has 1 aliphatic rings. The van der Waals surface area contributed by atoms with Gasteiger partial charge in [-0.1, -0.05) is 74.5 Å². The molecule has 176 valence electrons. The molecule has 0 spiro atoms. The lowest BCUT2D eigenvalue weighted by molar-refractivity contribution is -0.130. The summed E-state index contributed by atoms with van der Waals surface area (Å²) in [6.45, 7) is 4.30. The molecule has 0 aliphatic carbocycles. The van der Waals surface area contributed by atoms with Crippen molar-refractivity contribution in [3.05, 3.63) is 77.9 Å². The van der Waals surface area contributed by atoms with Crippen LogP contribution in [-0.4, -0.2) is 36.9 Å². The fourth-order valence-corrected chi connectivity index (χ4v) is 4.45. The normalized spacial score (nSPS) is 13.9. The molecule has 4 rings (SSSR count). The average Bonchev–Trinajstić information content (AvgIpc) is 2.85. The smallest absolute Gasteiger partial charge is 0.246 e. The summed E-state index contributed by atoms with van der Waals surface area (Å²) in [6, 6.07) is 21.1. The highest BCUT2D eigenvalue weighted by molar-refractivity contribution is 5.98. The van der Waals surface area contributed by atoms with Crippen molar-refractivity contribution in [3.8, 4) is 0 Å². The molecule has 3 aromatic carbocycles. The van der Waals surface area contributed by atoms with Crippen LogP contribution in [0.4, 0.5) is 5.69 Å². The zero-order valence-corrected chi connectivity index (χ0v) is 19.7. The van der Waals surface area contributed by atoms with E-state index in [9.17, 15) is 14.4 Å². The largest absolute Gasteiger partial charge is 0.345 e. The van der Waals surface area contributed by atoms with Crippen molar-refractivity contribution in [3.63, 3.8) is 0 Å². The van der Waals surface area contributed by atoms with Gasteiger partial charge in [0.25, 0.3) is 0 Å². The van der Waals surface area contributed by atoms with Crippen LogP contribution in [0.2, 0.25) is 0 Å². The van der Waals surface area contributed by atoms with Gasteiger partial charge in [0.05, 0.1) is 13.0 Å². The zero-order valence-electron chi connectivity index (χ0n) is 19.7. The number of amides is 3. The maximum atomic E-state index is 12.9. The number of fused-ring (bicyclic) bond motifs is 2. The van der Waals surface area contributed by atoms with Crippen LogP contribution in [-0.2, 0) is 27.2 Å². The second-order valence-electron chi connectivity index (χ2n) is 9.14. The molecule has 0 radical (unpaired) electrons. The first-order chi connectivity index (χ1) is 16.4. The topological polar surface area (TPSA) is 78.5 Å². The minimum atomic E-state index is -0.714. The lowest BCUT2D eigenvalue weighted by Crippen LogP contribution is -2.52. The Balaban J connectivity index is 1.35. The van der Waals surface area contributed by atoms with E-state index in [4.69, 9.17) is 0 Å². The molecule has 0 fully saturated rings. The Hall–Kier alpha value is -3.67. The molecule has 0 saturated carbocycles. The third kappa shape index (κ3) is 5.45. The van der Waals surface area contributed by atoms with Gasteiger partial charge in [-0.2, -0.15) is 0 Å². The van der Waals surface area contributed by atoms with Gasteiger partial charge in [0.15, 0.2) is 0 Å². The second-order valence-corrected chi connectivity index (χ2v) is 9.14. The third-order valence-electron chi connectivity index (χ3n) is 6.27. The van der Waals surface area contributed by atoms with E-state index in [1.165, 1.54) is 0 Å². The lowest BCUT2D eigenvalue weighted by Gasteiger charge is -2.30. The quantitative estimate of drug-likeness (QED) is 0.569. The van der Waals surface area contributed by atoms with Crippen molar-refractivity contribution in [1.29, 1.82) is 0 Å². The van der Waals surface area contributed by atoms with E-state index in [-0.39, 0.29) is 36.6 Å². The van der Waals surface area contributed by atoms with Crippen LogP contribution in [0.15, 0.2) is 66.7 Å². The molecule has 1 heterocycles. The number of para-hydroxylation sites is 1. The molecule has 1 aliphatic heterocycles. The van der Waals surface area contributed by atoms with E-state index < -0.39 is 6.04 Å². The van der Waals surface area contributed by atoms with Gasteiger partial charge in [-0.25, -0.2) is 0 Å². The summed E-state index contributed by atoms with van der Waals surface area (Å²) >= 11 is 0. The first-order valence-corrected chi connectivity index (χ1v) is 11.9. The molecule has 6 heteroatoms. The van der Waals surface area contributed by atoms with Crippen LogP contribution in [0, 0.1) is 5.92 Å². The standard InChI is InChI=1S/C28H31N3O3/c1-19(2)27(30-25(32)17-20-13-14-21-8-3-4-10-23(21)16-20)28(34)29-18-26(33)31-15-7-11-22-9-5-6-12-24(22)31/h3-6,8-10,12-14,16,19,27H,7,11,15,17-18H2,1-2H3,(H,29,34)(H,30,32). The van der Waals surface area contributed by atoms with Crippen molar-refractivity contribution < 1.29 is 14.4 Å². The van der Waals surface area contributed by atoms with E-state index >= 15 is 0 Å². The first-order valence-electron chi connectivity index (χ1n) is 11.9. The summed E-state index contributed by atoms with van der Waals surface area (Å²) in [7, 11) is 0. The Morgan fingerprint density at radius 1 is 0.941 bits per heavy atom. The fraction of sp³-hybridized carbons (Fsp3) is 0.321. The number of hydrogen-bond acceptors (Lipinski definition) is 3. The molecule has 0 bridgehead atoms. The highest BCUT2D eigenvalue weighted by Crippen LogP contribution is 2.26. The fourth-order valence-electron chi connectivity index (χ4n) is 4.45. The minimum Gasteiger partial charge on any atom is -0.345 e. The molecule has 3 amide bonds. The van der Waals surface area contributed by atoms with Crippen LogP contribution in [0.5, 0.6) is 0 Å². The second kappa shape index (κ2) is 10.5. The van der Waals surface area contributed by atoms with Gasteiger partial charge in [-0.05, 0) is 46.7 Å². The predicted molar refractivity (Wildman–Crippen MR) is 135 cm³/mol. The average molecular weight is 458 g/mol. The number of anilines is 1. The number of carbonyl (C=O) groups is 3. The first kappa shape index (κ1) is 23.5. The maximum absolute atomic E-state index is 12.9. The van der Waals surface area contributed by atoms with E-state index in [1.807, 2.05) is 80.6 Å². The SMILES string of the molecule is CC(C)C(NC(=O)Cc1ccc2ccccc2c1)C(=O)NCC(=O)N1CCCc2ccccc21. The van der Waals surface area contributed by atoms with Gasteiger partial charge >= 0.3 is 0 Å². The summed E-state index contributed by atoms with van der Waals surface area (Å²) in [5.74, 6) is -0.835. The van der Waals surface area contributed by atoms with Crippen molar-refractivity contribution >= 4 is 34.2 Å². The Bertz CT molecular complexity index is 1200. The van der Waals surface area contributed by atoms with Gasteiger partial charge < -0.3 is 15.5 Å². The third-order valence-corrected chi connectivity index (χ3v) is 6.27. The minimum absolute atomic E-state index is 0.100. The molecule has 34 heavy (non-hydrogen) atoms. The summed E-state index contributed by atoms with van der Waals surface area (Å²) in [5.41, 5.74) is 2.95. The van der Waals surface area contributed by atoms with Gasteiger partial charge in [-0.3, -0.25) is 14.4 Å². The maximum Gasteiger partial charge on any atom is 0.246 e. The highest BCUT2D eigenvalue weighted by Gasteiger charge is 2.27. The predicted octanol–water partition coefficient (Wildman–Crippen LogP) is 3.62. The van der Waals surface area contributed by atoms with Crippen molar-refractivity contribution in [2.75, 3.05) is 18.0 Å². The van der Waals surface area contributed by atoms with Crippen molar-refractivity contribution in [2.24, 2.45) is 5.92 Å². The molecular weight excluding hydrogens is 426 g/mol. The Kier molecular flexibility index (Phi) is 7.26. The number of carbonyl (C=O) groups excluding carboxylic acids is 3. The number of hydrogen-bond donors (Lipinski definition) is 2. The van der Waals surface area contributed by atoms with E-state index in [2.05, 4.69) is 10.6 Å². The number of benzene rings is 3. The summed E-state index contributed by atoms with van der Waals surface area (Å²) in [4.78, 5) is 40.2. The summed E-state index contributed by atoms with van der Waals surface area (Å²) in [5, 5.41) is 7.79. The van der Waals surface area contributed by atoms with Gasteiger partial charge in [0.2, 0.25) is 17.7 Å². The number of rotatable bonds is 7. The molecule has 1 unspecified atom stereocenters. The molecule has 6 nitrogen and oxygen atoms in total. The van der Waals surface area contributed by atoms with Gasteiger partial charge in [-0.15, -0.1) is 0 Å². The summed E-state index contributed by atoms with van der Waals surface area (Å²) < 4.78 is 0. The number of aryl methyl sites for hydroxylation is 1. The van der Waals surface area contributed by atoms with E-state index in [0.29, 0.717) is 6.54 Å². The molecule has 0 aromatic heterocycles. The van der Waals surface area contributed by atoms with E-state index in [1.54, 1.807) is 4.90 Å². The number of nitrogens with zero attached hydrogens (tertiary/aromatic N) is 1. The number of nitrogens with one attached hydrogen (secondary N) is 2. The lowest BCUT2D eigenvalue weighted by atomic mass is 10.0. The van der Waals surface area contributed by atoms with Gasteiger partial charge in [0, 0.05) is 12.2 Å².